The van der Waals surface area contributed by atoms with Crippen LogP contribution in [0.5, 0.6) is 5.88 Å². The Morgan fingerprint density at radius 3 is 2.76 bits per heavy atom. The normalized spacial score (nSPS) is 11.1. The van der Waals surface area contributed by atoms with Gasteiger partial charge < -0.3 is 19.5 Å². The van der Waals surface area contributed by atoms with Crippen molar-refractivity contribution in [2.45, 2.75) is 32.9 Å². The van der Waals surface area contributed by atoms with Crippen LogP contribution in [-0.2, 0) is 16.0 Å². The first-order chi connectivity index (χ1) is 10.1. The van der Waals surface area contributed by atoms with Gasteiger partial charge in [-0.15, -0.1) is 0 Å². The molecule has 6 heteroatoms. The zero-order chi connectivity index (χ0) is 15.5. The molecule has 0 saturated heterocycles. The summed E-state index contributed by atoms with van der Waals surface area (Å²) in [7, 11) is 1.65. The van der Waals surface area contributed by atoms with Gasteiger partial charge in [0.25, 0.3) is 5.88 Å². The van der Waals surface area contributed by atoms with Gasteiger partial charge in [-0.3, -0.25) is 0 Å². The minimum Gasteiger partial charge on any atom is -0.473 e. The van der Waals surface area contributed by atoms with E-state index in [1.807, 2.05) is 13.8 Å². The summed E-state index contributed by atoms with van der Waals surface area (Å²) in [5.74, 6) is -0.386. The SMILES string of the molecule is COCCCOCCOc1nccc(CNC(C)C)c1F. The lowest BCUT2D eigenvalue weighted by molar-refractivity contribution is 0.0784. The number of pyridine rings is 1. The van der Waals surface area contributed by atoms with Crippen LogP contribution in [-0.4, -0.2) is 44.6 Å². The van der Waals surface area contributed by atoms with Gasteiger partial charge in [-0.25, -0.2) is 9.37 Å². The summed E-state index contributed by atoms with van der Waals surface area (Å²) in [6, 6.07) is 1.95. The maximum atomic E-state index is 14.1. The molecule has 0 atom stereocenters. The quantitative estimate of drug-likeness (QED) is 0.635. The van der Waals surface area contributed by atoms with Crippen LogP contribution < -0.4 is 10.1 Å². The second kappa shape index (κ2) is 10.5. The van der Waals surface area contributed by atoms with E-state index >= 15 is 0 Å². The lowest BCUT2D eigenvalue weighted by Gasteiger charge is -2.11. The van der Waals surface area contributed by atoms with Gasteiger partial charge in [0.05, 0.1) is 6.61 Å². The monoisotopic (exact) mass is 300 g/mol. The maximum absolute atomic E-state index is 14.1. The molecule has 0 aliphatic carbocycles. The summed E-state index contributed by atoms with van der Waals surface area (Å²) in [6.07, 6.45) is 2.38. The zero-order valence-electron chi connectivity index (χ0n) is 13.0. The summed E-state index contributed by atoms with van der Waals surface area (Å²) >= 11 is 0. The van der Waals surface area contributed by atoms with Gasteiger partial charge in [-0.1, -0.05) is 13.8 Å². The summed E-state index contributed by atoms with van der Waals surface area (Å²) < 4.78 is 29.7. The van der Waals surface area contributed by atoms with E-state index in [1.165, 1.54) is 0 Å². The van der Waals surface area contributed by atoms with Crippen molar-refractivity contribution in [2.75, 3.05) is 33.5 Å². The van der Waals surface area contributed by atoms with Crippen molar-refractivity contribution in [3.8, 4) is 5.88 Å². The molecule has 0 aromatic carbocycles. The van der Waals surface area contributed by atoms with Crippen LogP contribution in [0.25, 0.3) is 0 Å². The van der Waals surface area contributed by atoms with E-state index in [-0.39, 0.29) is 12.5 Å². The van der Waals surface area contributed by atoms with Gasteiger partial charge in [-0.2, -0.15) is 0 Å². The average Bonchev–Trinajstić information content (AvgIpc) is 2.46. The molecule has 0 aliphatic rings. The van der Waals surface area contributed by atoms with E-state index in [0.717, 1.165) is 6.42 Å². The second-order valence-corrected chi connectivity index (χ2v) is 4.93. The molecule has 120 valence electrons. The van der Waals surface area contributed by atoms with Gasteiger partial charge >= 0.3 is 0 Å². The Balaban J connectivity index is 2.32. The number of halogens is 1. The molecular weight excluding hydrogens is 275 g/mol. The van der Waals surface area contributed by atoms with E-state index < -0.39 is 5.82 Å². The van der Waals surface area contributed by atoms with Gasteiger partial charge in [0.1, 0.15) is 6.61 Å². The minimum absolute atomic E-state index is 0.0264. The highest BCUT2D eigenvalue weighted by Gasteiger charge is 2.10. The first-order valence-corrected chi connectivity index (χ1v) is 7.21. The van der Waals surface area contributed by atoms with Gasteiger partial charge in [0, 0.05) is 44.7 Å². The summed E-state index contributed by atoms with van der Waals surface area (Å²) in [5.41, 5.74) is 0.551. The molecule has 0 amide bonds. The Labute approximate surface area is 125 Å². The Bertz CT molecular complexity index is 403. The molecule has 0 unspecified atom stereocenters. The number of hydrogen-bond acceptors (Lipinski definition) is 5. The van der Waals surface area contributed by atoms with Crippen molar-refractivity contribution in [2.24, 2.45) is 0 Å². The van der Waals surface area contributed by atoms with Crippen LogP contribution in [0.15, 0.2) is 12.3 Å². The summed E-state index contributed by atoms with van der Waals surface area (Å²) in [6.45, 7) is 6.43. The zero-order valence-corrected chi connectivity index (χ0v) is 13.0. The highest BCUT2D eigenvalue weighted by atomic mass is 19.1. The average molecular weight is 300 g/mol. The predicted molar refractivity (Wildman–Crippen MR) is 79.0 cm³/mol. The Hall–Kier alpha value is -1.24. The standard InChI is InChI=1S/C15H25FN2O3/c1-12(2)18-11-13-5-6-17-15(14(13)16)21-10-9-20-8-4-7-19-3/h5-6,12,18H,4,7-11H2,1-3H3. The smallest absolute Gasteiger partial charge is 0.250 e. The molecule has 1 heterocycles. The molecule has 0 aliphatic heterocycles. The molecule has 0 fully saturated rings. The lowest BCUT2D eigenvalue weighted by atomic mass is 10.2. The van der Waals surface area contributed by atoms with Crippen molar-refractivity contribution in [1.82, 2.24) is 10.3 Å². The van der Waals surface area contributed by atoms with Crippen LogP contribution >= 0.6 is 0 Å². The van der Waals surface area contributed by atoms with Crippen LogP contribution in [0.1, 0.15) is 25.8 Å². The highest BCUT2D eigenvalue weighted by Crippen LogP contribution is 2.17. The Morgan fingerprint density at radius 2 is 2.05 bits per heavy atom. The molecule has 1 rings (SSSR count). The number of nitrogens with one attached hydrogen (secondary N) is 1. The molecule has 0 saturated carbocycles. The molecule has 0 radical (unpaired) electrons. The van der Waals surface area contributed by atoms with Crippen molar-refractivity contribution in [3.05, 3.63) is 23.6 Å². The van der Waals surface area contributed by atoms with Gasteiger partial charge in [0.15, 0.2) is 5.82 Å². The third-order valence-electron chi connectivity index (χ3n) is 2.74. The van der Waals surface area contributed by atoms with E-state index in [2.05, 4.69) is 10.3 Å². The van der Waals surface area contributed by atoms with Crippen LogP contribution in [0.3, 0.4) is 0 Å². The van der Waals surface area contributed by atoms with E-state index in [1.54, 1.807) is 19.4 Å². The van der Waals surface area contributed by atoms with E-state index in [0.29, 0.717) is 38.0 Å². The second-order valence-electron chi connectivity index (χ2n) is 4.93. The fraction of sp³-hybridized carbons (Fsp3) is 0.667. The molecule has 1 aromatic heterocycles. The highest BCUT2D eigenvalue weighted by molar-refractivity contribution is 5.23. The topological polar surface area (TPSA) is 52.6 Å². The summed E-state index contributed by atoms with van der Waals surface area (Å²) in [4.78, 5) is 3.91. The van der Waals surface area contributed by atoms with Crippen molar-refractivity contribution in [1.29, 1.82) is 0 Å². The fourth-order valence-electron chi connectivity index (χ4n) is 1.62. The summed E-state index contributed by atoms with van der Waals surface area (Å²) in [5, 5.41) is 3.17. The molecule has 0 bridgehead atoms. The Kier molecular flexibility index (Phi) is 8.89. The first-order valence-electron chi connectivity index (χ1n) is 7.21. The lowest BCUT2D eigenvalue weighted by Crippen LogP contribution is -2.22. The molecule has 5 nitrogen and oxygen atoms in total. The van der Waals surface area contributed by atoms with E-state index in [4.69, 9.17) is 14.2 Å². The number of nitrogens with zero attached hydrogens (tertiary/aromatic N) is 1. The number of methoxy groups -OCH3 is 1. The minimum atomic E-state index is -0.412. The molecule has 21 heavy (non-hydrogen) atoms. The molecular formula is C15H25FN2O3. The van der Waals surface area contributed by atoms with Crippen LogP contribution in [0.4, 0.5) is 4.39 Å². The van der Waals surface area contributed by atoms with Crippen molar-refractivity contribution < 1.29 is 18.6 Å². The number of rotatable bonds is 11. The van der Waals surface area contributed by atoms with Crippen molar-refractivity contribution >= 4 is 0 Å². The third kappa shape index (κ3) is 7.36. The van der Waals surface area contributed by atoms with Crippen LogP contribution in [0, 0.1) is 5.82 Å². The fourth-order valence-corrected chi connectivity index (χ4v) is 1.62. The van der Waals surface area contributed by atoms with Gasteiger partial charge in [0.2, 0.25) is 0 Å². The van der Waals surface area contributed by atoms with Crippen LogP contribution in [0.2, 0.25) is 0 Å². The van der Waals surface area contributed by atoms with E-state index in [9.17, 15) is 4.39 Å². The molecule has 1 N–H and O–H groups in total. The largest absolute Gasteiger partial charge is 0.473 e. The predicted octanol–water partition coefficient (Wildman–Crippen LogP) is 2.15. The molecule has 1 aromatic rings. The third-order valence-corrected chi connectivity index (χ3v) is 2.74. The molecule has 0 spiro atoms. The maximum Gasteiger partial charge on any atom is 0.250 e. The number of ether oxygens (including phenoxy) is 3. The number of aromatic nitrogens is 1. The van der Waals surface area contributed by atoms with Crippen molar-refractivity contribution in [3.63, 3.8) is 0 Å². The Morgan fingerprint density at radius 1 is 1.24 bits per heavy atom. The van der Waals surface area contributed by atoms with Gasteiger partial charge in [-0.05, 0) is 12.5 Å². The number of hydrogen-bond donors (Lipinski definition) is 1. The first kappa shape index (κ1) is 17.8.